The molecule has 0 saturated carbocycles. The van der Waals surface area contributed by atoms with Crippen molar-refractivity contribution in [1.29, 1.82) is 0 Å². The molecule has 7 nitrogen and oxygen atoms in total. The van der Waals surface area contributed by atoms with Crippen LogP contribution < -0.4 is 0 Å². The smallest absolute Gasteiger partial charge is 0.361 e. The van der Waals surface area contributed by atoms with E-state index in [1.165, 1.54) is 10.4 Å². The van der Waals surface area contributed by atoms with Crippen molar-refractivity contribution in [3.8, 4) is 5.69 Å². The molecule has 0 N–H and O–H groups in total. The third kappa shape index (κ3) is 3.96. The summed E-state index contributed by atoms with van der Waals surface area (Å²) in [6.45, 7) is 6.53. The summed E-state index contributed by atoms with van der Waals surface area (Å²) in [7, 11) is 0. The van der Waals surface area contributed by atoms with Crippen molar-refractivity contribution >= 4 is 11.9 Å². The summed E-state index contributed by atoms with van der Waals surface area (Å²) in [6.07, 6.45) is 0.805. The molecule has 30 heavy (non-hydrogen) atoms. The number of ether oxygens (including phenoxy) is 1. The first-order valence-electron chi connectivity index (χ1n) is 9.95. The Kier molecular flexibility index (Phi) is 5.35. The fourth-order valence-corrected chi connectivity index (χ4v) is 3.70. The molecule has 0 fully saturated rings. The summed E-state index contributed by atoms with van der Waals surface area (Å²) in [5.41, 5.74) is 5.91. The van der Waals surface area contributed by atoms with Crippen molar-refractivity contribution in [2.75, 3.05) is 13.2 Å². The SMILES string of the molecule is Cc1ccc(-n2nc(C)c(C(=O)OCC(=O)N3CCc4ccccc4C3)n2)c(C)c1. The van der Waals surface area contributed by atoms with Crippen molar-refractivity contribution < 1.29 is 14.3 Å². The fraction of sp³-hybridized carbons (Fsp3) is 0.304. The lowest BCUT2D eigenvalue weighted by Crippen LogP contribution is -2.38. The standard InChI is InChI=1S/C23H24N4O3/c1-15-8-9-20(16(2)12-15)27-24-17(3)22(25-27)23(29)30-14-21(28)26-11-10-18-6-4-5-7-19(18)13-26/h4-9,12H,10-11,13-14H2,1-3H3. The highest BCUT2D eigenvalue weighted by Gasteiger charge is 2.23. The number of benzene rings is 2. The highest BCUT2D eigenvalue weighted by molar-refractivity contribution is 5.90. The molecule has 1 amide bonds. The number of hydrogen-bond acceptors (Lipinski definition) is 5. The molecule has 154 valence electrons. The van der Waals surface area contributed by atoms with Crippen LogP contribution in [0.1, 0.15) is 38.4 Å². The van der Waals surface area contributed by atoms with Gasteiger partial charge >= 0.3 is 5.97 Å². The van der Waals surface area contributed by atoms with E-state index in [2.05, 4.69) is 16.3 Å². The van der Waals surface area contributed by atoms with Crippen LogP contribution in [0.2, 0.25) is 0 Å². The van der Waals surface area contributed by atoms with Crippen LogP contribution in [-0.2, 0) is 22.5 Å². The van der Waals surface area contributed by atoms with Crippen molar-refractivity contribution in [2.45, 2.75) is 33.7 Å². The van der Waals surface area contributed by atoms with E-state index in [4.69, 9.17) is 4.74 Å². The molecule has 0 radical (unpaired) electrons. The molecule has 7 heteroatoms. The quantitative estimate of drug-likeness (QED) is 0.625. The Morgan fingerprint density at radius 2 is 1.80 bits per heavy atom. The van der Waals surface area contributed by atoms with Gasteiger partial charge in [0.1, 0.15) is 0 Å². The number of nitrogens with zero attached hydrogens (tertiary/aromatic N) is 4. The highest BCUT2D eigenvalue weighted by atomic mass is 16.5. The maximum absolute atomic E-state index is 12.5. The number of carbonyl (C=O) groups is 2. The third-order valence-electron chi connectivity index (χ3n) is 5.35. The predicted octanol–water partition coefficient (Wildman–Crippen LogP) is 2.93. The van der Waals surface area contributed by atoms with E-state index in [1.54, 1.807) is 11.8 Å². The lowest BCUT2D eigenvalue weighted by molar-refractivity contribution is -0.135. The second-order valence-corrected chi connectivity index (χ2v) is 7.62. The third-order valence-corrected chi connectivity index (χ3v) is 5.35. The van der Waals surface area contributed by atoms with Gasteiger partial charge in [-0.2, -0.15) is 9.90 Å². The Balaban J connectivity index is 1.41. The number of fused-ring (bicyclic) bond motifs is 1. The molecule has 2 aromatic carbocycles. The first kappa shape index (κ1) is 19.8. The zero-order valence-corrected chi connectivity index (χ0v) is 17.4. The van der Waals surface area contributed by atoms with Crippen LogP contribution in [0, 0.1) is 20.8 Å². The maximum Gasteiger partial charge on any atom is 0.361 e. The molecule has 3 aromatic rings. The van der Waals surface area contributed by atoms with Gasteiger partial charge in [0.25, 0.3) is 5.91 Å². The molecular weight excluding hydrogens is 380 g/mol. The van der Waals surface area contributed by atoms with E-state index in [0.717, 1.165) is 28.8 Å². The number of carbonyl (C=O) groups excluding carboxylic acids is 2. The van der Waals surface area contributed by atoms with Gasteiger partial charge in [-0.15, -0.1) is 5.10 Å². The van der Waals surface area contributed by atoms with E-state index < -0.39 is 5.97 Å². The van der Waals surface area contributed by atoms with Crippen LogP contribution in [0.4, 0.5) is 0 Å². The molecule has 0 aliphatic carbocycles. The van der Waals surface area contributed by atoms with Gasteiger partial charge in [-0.3, -0.25) is 4.79 Å². The molecule has 0 atom stereocenters. The van der Waals surface area contributed by atoms with Gasteiger partial charge in [-0.05, 0) is 49.9 Å². The summed E-state index contributed by atoms with van der Waals surface area (Å²) in [5.74, 6) is -0.855. The Morgan fingerprint density at radius 3 is 2.57 bits per heavy atom. The summed E-state index contributed by atoms with van der Waals surface area (Å²) in [5, 5.41) is 8.64. The van der Waals surface area contributed by atoms with E-state index in [-0.39, 0.29) is 18.2 Å². The minimum atomic E-state index is -0.644. The van der Waals surface area contributed by atoms with Gasteiger partial charge in [0.2, 0.25) is 0 Å². The second kappa shape index (κ2) is 8.10. The summed E-state index contributed by atoms with van der Waals surface area (Å²) < 4.78 is 5.26. The molecule has 1 aromatic heterocycles. The van der Waals surface area contributed by atoms with Crippen LogP contribution in [0.25, 0.3) is 5.69 Å². The molecular formula is C23H24N4O3. The number of esters is 1. The van der Waals surface area contributed by atoms with Crippen LogP contribution in [0.15, 0.2) is 42.5 Å². The summed E-state index contributed by atoms with van der Waals surface area (Å²) >= 11 is 0. The second-order valence-electron chi connectivity index (χ2n) is 7.62. The van der Waals surface area contributed by atoms with Gasteiger partial charge in [0.05, 0.1) is 11.4 Å². The Bertz CT molecular complexity index is 1120. The number of aromatic nitrogens is 3. The maximum atomic E-state index is 12.5. The van der Waals surface area contributed by atoms with Crippen LogP contribution in [0.3, 0.4) is 0 Å². The highest BCUT2D eigenvalue weighted by Crippen LogP contribution is 2.19. The average Bonchev–Trinajstić information content (AvgIpc) is 3.12. The van der Waals surface area contributed by atoms with Crippen LogP contribution in [0.5, 0.6) is 0 Å². The van der Waals surface area contributed by atoms with E-state index >= 15 is 0 Å². The Morgan fingerprint density at radius 1 is 1.03 bits per heavy atom. The largest absolute Gasteiger partial charge is 0.451 e. The molecule has 0 unspecified atom stereocenters. The number of hydrogen-bond donors (Lipinski definition) is 0. The number of rotatable bonds is 4. The molecule has 2 heterocycles. The number of aryl methyl sites for hydroxylation is 3. The zero-order valence-electron chi connectivity index (χ0n) is 17.4. The molecule has 1 aliphatic rings. The lowest BCUT2D eigenvalue weighted by atomic mass is 10.00. The van der Waals surface area contributed by atoms with Crippen LogP contribution >= 0.6 is 0 Å². The van der Waals surface area contributed by atoms with Gasteiger partial charge in [0.15, 0.2) is 12.3 Å². The monoisotopic (exact) mass is 404 g/mol. The lowest BCUT2D eigenvalue weighted by Gasteiger charge is -2.28. The predicted molar refractivity (Wildman–Crippen MR) is 111 cm³/mol. The summed E-state index contributed by atoms with van der Waals surface area (Å²) in [4.78, 5) is 28.2. The van der Waals surface area contributed by atoms with Crippen molar-refractivity contribution in [3.05, 3.63) is 76.1 Å². The minimum Gasteiger partial charge on any atom is -0.451 e. The van der Waals surface area contributed by atoms with E-state index in [9.17, 15) is 9.59 Å². The van der Waals surface area contributed by atoms with Gasteiger partial charge in [-0.1, -0.05) is 42.0 Å². The topological polar surface area (TPSA) is 77.3 Å². The molecule has 0 bridgehead atoms. The Hall–Kier alpha value is -3.48. The first-order chi connectivity index (χ1) is 14.4. The van der Waals surface area contributed by atoms with Crippen molar-refractivity contribution in [3.63, 3.8) is 0 Å². The van der Waals surface area contributed by atoms with Crippen LogP contribution in [-0.4, -0.2) is 44.9 Å². The van der Waals surface area contributed by atoms with Gasteiger partial charge < -0.3 is 9.64 Å². The molecule has 0 spiro atoms. The fourth-order valence-electron chi connectivity index (χ4n) is 3.70. The molecule has 4 rings (SSSR count). The zero-order chi connectivity index (χ0) is 21.3. The molecule has 0 saturated heterocycles. The summed E-state index contributed by atoms with van der Waals surface area (Å²) in [6, 6.07) is 14.0. The Labute approximate surface area is 175 Å². The number of amides is 1. The first-order valence-corrected chi connectivity index (χ1v) is 9.95. The van der Waals surface area contributed by atoms with E-state index in [0.29, 0.717) is 18.8 Å². The normalized spacial score (nSPS) is 13.1. The minimum absolute atomic E-state index is 0.117. The van der Waals surface area contributed by atoms with Crippen molar-refractivity contribution in [1.82, 2.24) is 19.9 Å². The molecule has 1 aliphatic heterocycles. The van der Waals surface area contributed by atoms with E-state index in [1.807, 2.05) is 50.2 Å². The van der Waals surface area contributed by atoms with Gasteiger partial charge in [0, 0.05) is 13.1 Å². The average molecular weight is 404 g/mol. The van der Waals surface area contributed by atoms with Gasteiger partial charge in [-0.25, -0.2) is 4.79 Å². The van der Waals surface area contributed by atoms with Crippen molar-refractivity contribution in [2.24, 2.45) is 0 Å².